The van der Waals surface area contributed by atoms with Crippen molar-refractivity contribution in [3.63, 3.8) is 0 Å². The fourth-order valence-corrected chi connectivity index (χ4v) is 5.80. The summed E-state index contributed by atoms with van der Waals surface area (Å²) >= 11 is 12.6. The number of imide groups is 1. The molecule has 1 N–H and O–H groups in total. The third-order valence-electron chi connectivity index (χ3n) is 6.52. The minimum absolute atomic E-state index is 0.148. The number of nitrogens with zero attached hydrogens (tertiary/aromatic N) is 1. The van der Waals surface area contributed by atoms with Gasteiger partial charge in [-0.3, -0.25) is 24.1 Å². The van der Waals surface area contributed by atoms with Crippen LogP contribution in [-0.4, -0.2) is 52.5 Å². The van der Waals surface area contributed by atoms with Gasteiger partial charge >= 0.3 is 5.97 Å². The lowest BCUT2D eigenvalue weighted by Gasteiger charge is -2.28. The molecule has 0 aromatic heterocycles. The van der Waals surface area contributed by atoms with Crippen LogP contribution in [0, 0.1) is 37.5 Å². The molecule has 2 aliphatic carbocycles. The van der Waals surface area contributed by atoms with Gasteiger partial charge in [-0.2, -0.15) is 0 Å². The highest BCUT2D eigenvalue weighted by atomic mass is 35.5. The van der Waals surface area contributed by atoms with Gasteiger partial charge in [-0.15, -0.1) is 23.2 Å². The van der Waals surface area contributed by atoms with Gasteiger partial charge in [0.25, 0.3) is 5.91 Å². The van der Waals surface area contributed by atoms with Gasteiger partial charge in [-0.1, -0.05) is 6.07 Å². The Balaban J connectivity index is 1.31. The summed E-state index contributed by atoms with van der Waals surface area (Å²) in [6.45, 7) is 2.87. The largest absolute Gasteiger partial charge is 0.454 e. The van der Waals surface area contributed by atoms with E-state index in [0.717, 1.165) is 16.0 Å². The topological polar surface area (TPSA) is 92.8 Å². The molecule has 30 heavy (non-hydrogen) atoms. The normalized spacial score (nSPS) is 31.8. The Hall–Kier alpha value is -2.12. The number of likely N-dealkylation sites (tertiary alicyclic amines) is 1. The van der Waals surface area contributed by atoms with Crippen molar-refractivity contribution in [1.82, 2.24) is 4.90 Å². The lowest BCUT2D eigenvalue weighted by atomic mass is 9.80. The number of anilines is 1. The summed E-state index contributed by atoms with van der Waals surface area (Å²) in [4.78, 5) is 50.6. The van der Waals surface area contributed by atoms with Crippen LogP contribution in [-0.2, 0) is 23.9 Å². The van der Waals surface area contributed by atoms with E-state index >= 15 is 0 Å². The standard InChI is InChI=1S/C21H22Cl2N2O5/c1-9-3-4-11(5-10(9)2)24-14(26)8-30-15(27)7-25-20(28)16-12-6-13(17(16)21(25)29)19(23)18(12)22/h3-5,12-13,16-19H,6-8H2,1-2H3,(H,24,26)/t12-,13-,16-,17+,18-,19+/m1/s1. The van der Waals surface area contributed by atoms with E-state index in [-0.39, 0.29) is 22.6 Å². The molecule has 4 rings (SSSR count). The summed E-state index contributed by atoms with van der Waals surface area (Å²) in [5.74, 6) is -3.44. The Morgan fingerprint density at radius 3 is 2.23 bits per heavy atom. The molecule has 1 aromatic rings. The smallest absolute Gasteiger partial charge is 0.326 e. The number of alkyl halides is 2. The highest BCUT2D eigenvalue weighted by Gasteiger charge is 2.66. The molecular formula is C21H22Cl2N2O5. The Labute approximate surface area is 184 Å². The van der Waals surface area contributed by atoms with Crippen LogP contribution in [0.1, 0.15) is 17.5 Å². The number of rotatable bonds is 5. The third kappa shape index (κ3) is 3.48. The average molecular weight is 453 g/mol. The average Bonchev–Trinajstić information content (AvgIpc) is 3.30. The van der Waals surface area contributed by atoms with E-state index < -0.39 is 48.7 Å². The van der Waals surface area contributed by atoms with Crippen molar-refractivity contribution >= 4 is 52.6 Å². The van der Waals surface area contributed by atoms with E-state index in [1.165, 1.54) is 0 Å². The van der Waals surface area contributed by atoms with Crippen LogP contribution >= 0.6 is 23.2 Å². The molecule has 2 saturated carbocycles. The number of fused-ring (bicyclic) bond motifs is 5. The molecule has 0 spiro atoms. The second-order valence-electron chi connectivity index (χ2n) is 8.27. The molecule has 160 valence electrons. The number of carbonyl (C=O) groups excluding carboxylic acids is 4. The molecule has 1 saturated heterocycles. The number of hydrogen-bond donors (Lipinski definition) is 1. The number of esters is 1. The Morgan fingerprint density at radius 1 is 1.07 bits per heavy atom. The van der Waals surface area contributed by atoms with Crippen LogP contribution < -0.4 is 5.32 Å². The maximum atomic E-state index is 12.7. The monoisotopic (exact) mass is 452 g/mol. The first-order valence-electron chi connectivity index (χ1n) is 9.85. The molecule has 3 aliphatic rings. The maximum Gasteiger partial charge on any atom is 0.326 e. The van der Waals surface area contributed by atoms with Crippen molar-refractivity contribution in [1.29, 1.82) is 0 Å². The van der Waals surface area contributed by atoms with Crippen molar-refractivity contribution in [3.8, 4) is 0 Å². The second-order valence-corrected chi connectivity index (χ2v) is 9.28. The highest BCUT2D eigenvalue weighted by Crippen LogP contribution is 2.59. The fourth-order valence-electron chi connectivity index (χ4n) is 4.90. The van der Waals surface area contributed by atoms with E-state index in [9.17, 15) is 19.2 Å². The van der Waals surface area contributed by atoms with Gasteiger partial charge in [-0.25, -0.2) is 0 Å². The van der Waals surface area contributed by atoms with E-state index in [4.69, 9.17) is 27.9 Å². The van der Waals surface area contributed by atoms with E-state index in [2.05, 4.69) is 5.32 Å². The van der Waals surface area contributed by atoms with Crippen molar-refractivity contribution < 1.29 is 23.9 Å². The first kappa shape index (κ1) is 21.1. The number of benzene rings is 1. The molecule has 3 fully saturated rings. The zero-order chi connectivity index (χ0) is 21.7. The first-order chi connectivity index (χ1) is 14.2. The third-order valence-corrected chi connectivity index (χ3v) is 7.84. The van der Waals surface area contributed by atoms with Crippen LogP contribution in [0.5, 0.6) is 0 Å². The van der Waals surface area contributed by atoms with Gasteiger partial charge in [0.05, 0.1) is 22.6 Å². The minimum atomic E-state index is -0.816. The van der Waals surface area contributed by atoms with E-state index in [1.54, 1.807) is 6.07 Å². The Kier molecular flexibility index (Phi) is 5.53. The zero-order valence-corrected chi connectivity index (χ0v) is 18.1. The van der Waals surface area contributed by atoms with Gasteiger partial charge in [0, 0.05) is 5.69 Å². The number of aryl methyl sites for hydroxylation is 2. The first-order valence-corrected chi connectivity index (χ1v) is 10.7. The minimum Gasteiger partial charge on any atom is -0.454 e. The van der Waals surface area contributed by atoms with E-state index in [1.807, 2.05) is 26.0 Å². The molecule has 1 aromatic carbocycles. The molecule has 7 nitrogen and oxygen atoms in total. The highest BCUT2D eigenvalue weighted by molar-refractivity contribution is 6.31. The predicted molar refractivity (Wildman–Crippen MR) is 110 cm³/mol. The molecule has 0 unspecified atom stereocenters. The fraction of sp³-hybridized carbons (Fsp3) is 0.524. The van der Waals surface area contributed by atoms with Crippen LogP contribution in [0.25, 0.3) is 0 Å². The number of hydrogen-bond acceptors (Lipinski definition) is 5. The quantitative estimate of drug-likeness (QED) is 0.420. The second kappa shape index (κ2) is 7.85. The lowest BCUT2D eigenvalue weighted by Crippen LogP contribution is -2.38. The van der Waals surface area contributed by atoms with Gasteiger partial charge in [0.15, 0.2) is 6.61 Å². The molecule has 9 heteroatoms. The number of amides is 3. The van der Waals surface area contributed by atoms with Gasteiger partial charge in [0.2, 0.25) is 11.8 Å². The summed E-state index contributed by atoms with van der Waals surface area (Å²) in [5, 5.41) is 1.94. The number of nitrogens with one attached hydrogen (secondary N) is 1. The SMILES string of the molecule is Cc1ccc(NC(=O)COC(=O)CN2C(=O)[C@@H]3[C@H]4C[C@@H]([C@H](Cl)[C@@H]4Cl)[C@@H]3C2=O)cc1C. The zero-order valence-electron chi connectivity index (χ0n) is 16.6. The van der Waals surface area contributed by atoms with Gasteiger partial charge < -0.3 is 10.1 Å². The van der Waals surface area contributed by atoms with Crippen molar-refractivity contribution in [2.45, 2.75) is 31.0 Å². The molecule has 2 bridgehead atoms. The van der Waals surface area contributed by atoms with Crippen molar-refractivity contribution in [3.05, 3.63) is 29.3 Å². The molecule has 1 aliphatic heterocycles. The summed E-state index contributed by atoms with van der Waals surface area (Å²) in [5.41, 5.74) is 2.71. The molecular weight excluding hydrogens is 431 g/mol. The Bertz CT molecular complexity index is 904. The number of ether oxygens (including phenoxy) is 1. The van der Waals surface area contributed by atoms with Crippen molar-refractivity contribution in [2.24, 2.45) is 23.7 Å². The van der Waals surface area contributed by atoms with Crippen molar-refractivity contribution in [2.75, 3.05) is 18.5 Å². The predicted octanol–water partition coefficient (Wildman–Crippen LogP) is 2.25. The lowest BCUT2D eigenvalue weighted by molar-refractivity contribution is -0.154. The molecule has 3 amide bonds. The van der Waals surface area contributed by atoms with Crippen LogP contribution in [0.3, 0.4) is 0 Å². The summed E-state index contributed by atoms with van der Waals surface area (Å²) in [6, 6.07) is 5.45. The van der Waals surface area contributed by atoms with Crippen LogP contribution in [0.2, 0.25) is 0 Å². The molecule has 1 heterocycles. The Morgan fingerprint density at radius 2 is 1.67 bits per heavy atom. The summed E-state index contributed by atoms with van der Waals surface area (Å²) < 4.78 is 4.97. The molecule has 0 radical (unpaired) electrons. The van der Waals surface area contributed by atoms with Crippen LogP contribution in [0.15, 0.2) is 18.2 Å². The van der Waals surface area contributed by atoms with Gasteiger partial charge in [-0.05, 0) is 55.4 Å². The maximum absolute atomic E-state index is 12.7. The van der Waals surface area contributed by atoms with Gasteiger partial charge in [0.1, 0.15) is 6.54 Å². The molecule has 6 atom stereocenters. The van der Waals surface area contributed by atoms with Crippen LogP contribution in [0.4, 0.5) is 5.69 Å². The summed E-state index contributed by atoms with van der Waals surface area (Å²) in [6.07, 6.45) is 0.659. The number of carbonyl (C=O) groups is 4. The van der Waals surface area contributed by atoms with E-state index in [0.29, 0.717) is 12.1 Å². The summed E-state index contributed by atoms with van der Waals surface area (Å²) in [7, 11) is 0. The number of halogens is 2.